The Morgan fingerprint density at radius 2 is 1.96 bits per heavy atom. The van der Waals surface area contributed by atoms with E-state index in [1.165, 1.54) is 6.07 Å². The van der Waals surface area contributed by atoms with Crippen LogP contribution in [0.15, 0.2) is 18.2 Å². The third kappa shape index (κ3) is 4.25. The van der Waals surface area contributed by atoms with Crippen LogP contribution < -0.4 is 0 Å². The van der Waals surface area contributed by atoms with Crippen LogP contribution in [0.25, 0.3) is 0 Å². The van der Waals surface area contributed by atoms with Crippen LogP contribution in [0.4, 0.5) is 9.18 Å². The molecule has 0 radical (unpaired) electrons. The van der Waals surface area contributed by atoms with Crippen molar-refractivity contribution in [3.05, 3.63) is 35.1 Å². The Bertz CT molecular complexity index is 680. The van der Waals surface area contributed by atoms with E-state index in [2.05, 4.69) is 9.80 Å². The highest BCUT2D eigenvalue weighted by molar-refractivity contribution is 5.71. The molecule has 1 aromatic rings. The van der Waals surface area contributed by atoms with Crippen molar-refractivity contribution >= 4 is 6.09 Å². The second-order valence-corrected chi connectivity index (χ2v) is 7.78. The molecule has 6 nitrogen and oxygen atoms in total. The Morgan fingerprint density at radius 1 is 1.15 bits per heavy atom. The molecule has 0 bridgehead atoms. The molecule has 148 valence electrons. The molecule has 0 aliphatic carbocycles. The van der Waals surface area contributed by atoms with Gasteiger partial charge in [0.15, 0.2) is 0 Å². The van der Waals surface area contributed by atoms with Crippen molar-refractivity contribution < 1.29 is 18.7 Å². The average molecular weight is 377 g/mol. The van der Waals surface area contributed by atoms with Gasteiger partial charge in [0.05, 0.1) is 19.3 Å². The molecule has 3 aliphatic heterocycles. The second-order valence-electron chi connectivity index (χ2n) is 7.78. The van der Waals surface area contributed by atoms with E-state index in [9.17, 15) is 9.18 Å². The lowest BCUT2D eigenvalue weighted by molar-refractivity contribution is 0.0362. The van der Waals surface area contributed by atoms with Crippen LogP contribution in [0.2, 0.25) is 0 Å². The molecular weight excluding hydrogens is 349 g/mol. The van der Waals surface area contributed by atoms with Crippen LogP contribution in [-0.4, -0.2) is 85.4 Å². The van der Waals surface area contributed by atoms with E-state index in [1.807, 2.05) is 17.9 Å². The number of nitrogens with zero attached hydrogens (tertiary/aromatic N) is 3. The summed E-state index contributed by atoms with van der Waals surface area (Å²) in [5.41, 5.74) is 1.77. The number of amides is 1. The molecule has 3 aliphatic rings. The van der Waals surface area contributed by atoms with Gasteiger partial charge in [-0.15, -0.1) is 0 Å². The maximum absolute atomic E-state index is 14.1. The maximum atomic E-state index is 14.1. The molecule has 0 aromatic heterocycles. The monoisotopic (exact) mass is 377 g/mol. The molecule has 27 heavy (non-hydrogen) atoms. The number of rotatable bonds is 6. The van der Waals surface area contributed by atoms with E-state index in [-0.39, 0.29) is 24.1 Å². The summed E-state index contributed by atoms with van der Waals surface area (Å²) in [6, 6.07) is 5.29. The molecule has 1 aromatic carbocycles. The fraction of sp³-hybridized carbons (Fsp3) is 0.650. The topological polar surface area (TPSA) is 45.2 Å². The van der Waals surface area contributed by atoms with Crippen LogP contribution in [0.5, 0.6) is 0 Å². The number of carbonyl (C=O) groups is 1. The van der Waals surface area contributed by atoms with E-state index in [4.69, 9.17) is 9.47 Å². The van der Waals surface area contributed by atoms with Gasteiger partial charge in [-0.1, -0.05) is 17.7 Å². The third-order valence-electron chi connectivity index (χ3n) is 5.77. The summed E-state index contributed by atoms with van der Waals surface area (Å²) in [7, 11) is 0. The number of hydrogen-bond donors (Lipinski definition) is 0. The van der Waals surface area contributed by atoms with Crippen molar-refractivity contribution in [2.75, 3.05) is 52.5 Å². The molecule has 7 heteroatoms. The highest BCUT2D eigenvalue weighted by Crippen LogP contribution is 2.28. The Kier molecular flexibility index (Phi) is 5.61. The van der Waals surface area contributed by atoms with Crippen LogP contribution in [-0.2, 0) is 16.0 Å². The zero-order valence-corrected chi connectivity index (χ0v) is 15.9. The van der Waals surface area contributed by atoms with E-state index in [0.29, 0.717) is 25.2 Å². The number of hydrogen-bond acceptors (Lipinski definition) is 5. The van der Waals surface area contributed by atoms with E-state index in [1.54, 1.807) is 6.07 Å². The normalized spacial score (nSPS) is 26.4. The van der Waals surface area contributed by atoms with E-state index >= 15 is 0 Å². The highest BCUT2D eigenvalue weighted by Gasteiger charge is 2.47. The van der Waals surface area contributed by atoms with Gasteiger partial charge in [-0.25, -0.2) is 9.18 Å². The Hall–Kier alpha value is -1.70. The number of fused-ring (bicyclic) bond motifs is 1. The lowest BCUT2D eigenvalue weighted by atomic mass is 10.1. The minimum atomic E-state index is -0.201. The van der Waals surface area contributed by atoms with Gasteiger partial charge in [0.2, 0.25) is 0 Å². The molecule has 4 rings (SSSR count). The summed E-state index contributed by atoms with van der Waals surface area (Å²) in [4.78, 5) is 18.7. The first-order valence-corrected chi connectivity index (χ1v) is 9.85. The molecule has 0 unspecified atom stereocenters. The van der Waals surface area contributed by atoms with E-state index in [0.717, 1.165) is 51.4 Å². The van der Waals surface area contributed by atoms with Gasteiger partial charge in [-0.05, 0) is 19.4 Å². The standard InChI is InChI=1S/C20H28FN3O3/c1-15-3-4-17(21)16(11-15)12-23-13-18-19(14-23)27-20(25)24(18)6-2-5-22-7-9-26-10-8-22/h3-4,11,18-19H,2,5-10,12-14H2,1H3/t18-,19+/m0/s1. The molecule has 0 saturated carbocycles. The molecular formula is C20H28FN3O3. The average Bonchev–Trinajstić information content (AvgIpc) is 3.16. The van der Waals surface area contributed by atoms with Crippen molar-refractivity contribution in [1.29, 1.82) is 0 Å². The molecule has 3 saturated heterocycles. The summed E-state index contributed by atoms with van der Waals surface area (Å²) in [6.07, 6.45) is 0.632. The minimum Gasteiger partial charge on any atom is -0.442 e. The van der Waals surface area contributed by atoms with Gasteiger partial charge >= 0.3 is 6.09 Å². The Labute approximate surface area is 159 Å². The number of carbonyl (C=O) groups excluding carboxylic acids is 1. The first-order valence-electron chi connectivity index (χ1n) is 9.85. The number of aryl methyl sites for hydroxylation is 1. The zero-order chi connectivity index (χ0) is 18.8. The van der Waals surface area contributed by atoms with Gasteiger partial charge in [0, 0.05) is 51.4 Å². The molecule has 0 N–H and O–H groups in total. The Balaban J connectivity index is 1.30. The van der Waals surface area contributed by atoms with Crippen molar-refractivity contribution in [3.63, 3.8) is 0 Å². The Morgan fingerprint density at radius 3 is 2.78 bits per heavy atom. The van der Waals surface area contributed by atoms with Crippen molar-refractivity contribution in [2.24, 2.45) is 0 Å². The first-order chi connectivity index (χ1) is 13.1. The number of benzene rings is 1. The maximum Gasteiger partial charge on any atom is 0.410 e. The van der Waals surface area contributed by atoms with Gasteiger partial charge in [-0.3, -0.25) is 9.80 Å². The van der Waals surface area contributed by atoms with Gasteiger partial charge in [-0.2, -0.15) is 0 Å². The van der Waals surface area contributed by atoms with Crippen molar-refractivity contribution in [2.45, 2.75) is 32.0 Å². The van der Waals surface area contributed by atoms with Gasteiger partial charge < -0.3 is 14.4 Å². The molecule has 3 fully saturated rings. The molecule has 2 atom stereocenters. The summed E-state index contributed by atoms with van der Waals surface area (Å²) in [6.45, 7) is 9.14. The summed E-state index contributed by atoms with van der Waals surface area (Å²) >= 11 is 0. The second kappa shape index (κ2) is 8.12. The number of morpholine rings is 1. The van der Waals surface area contributed by atoms with Crippen LogP contribution in [0, 0.1) is 12.7 Å². The number of ether oxygens (including phenoxy) is 2. The van der Waals surface area contributed by atoms with Crippen LogP contribution >= 0.6 is 0 Å². The van der Waals surface area contributed by atoms with Crippen molar-refractivity contribution in [3.8, 4) is 0 Å². The minimum absolute atomic E-state index is 0.0788. The summed E-state index contributed by atoms with van der Waals surface area (Å²) in [5.74, 6) is -0.169. The fourth-order valence-electron chi connectivity index (χ4n) is 4.32. The summed E-state index contributed by atoms with van der Waals surface area (Å²) in [5, 5.41) is 0. The van der Waals surface area contributed by atoms with Crippen molar-refractivity contribution in [1.82, 2.24) is 14.7 Å². The molecule has 1 amide bonds. The number of likely N-dealkylation sites (tertiary alicyclic amines) is 1. The third-order valence-corrected chi connectivity index (χ3v) is 5.77. The SMILES string of the molecule is Cc1ccc(F)c(CN2C[C@H]3OC(=O)N(CCCN4CCOCC4)[C@H]3C2)c1. The van der Waals surface area contributed by atoms with Gasteiger partial charge in [0.1, 0.15) is 11.9 Å². The summed E-state index contributed by atoms with van der Waals surface area (Å²) < 4.78 is 25.0. The molecule has 3 heterocycles. The first kappa shape index (κ1) is 18.7. The predicted molar refractivity (Wildman–Crippen MR) is 99.1 cm³/mol. The van der Waals surface area contributed by atoms with Crippen LogP contribution in [0.3, 0.4) is 0 Å². The number of halogens is 1. The lowest BCUT2D eigenvalue weighted by Crippen LogP contribution is -2.41. The lowest BCUT2D eigenvalue weighted by Gasteiger charge is -2.28. The quantitative estimate of drug-likeness (QED) is 0.757. The fourth-order valence-corrected chi connectivity index (χ4v) is 4.32. The van der Waals surface area contributed by atoms with Gasteiger partial charge in [0.25, 0.3) is 0 Å². The molecule has 0 spiro atoms. The van der Waals surface area contributed by atoms with E-state index < -0.39 is 0 Å². The van der Waals surface area contributed by atoms with Crippen LogP contribution in [0.1, 0.15) is 17.5 Å². The largest absolute Gasteiger partial charge is 0.442 e. The predicted octanol–water partition coefficient (Wildman–Crippen LogP) is 1.86. The smallest absolute Gasteiger partial charge is 0.410 e. The highest BCUT2D eigenvalue weighted by atomic mass is 19.1. The zero-order valence-electron chi connectivity index (χ0n) is 15.9.